The Morgan fingerprint density at radius 1 is 1.09 bits per heavy atom. The van der Waals surface area contributed by atoms with Crippen LogP contribution in [0.5, 0.6) is 0 Å². The molecule has 1 rings (SSSR count). The van der Waals surface area contributed by atoms with Crippen LogP contribution in [0.1, 0.15) is 32.1 Å². The highest BCUT2D eigenvalue weighted by molar-refractivity contribution is 5.89. The minimum atomic E-state index is 0.261. The summed E-state index contributed by atoms with van der Waals surface area (Å²) >= 11 is 0. The van der Waals surface area contributed by atoms with Crippen LogP contribution in [0.3, 0.4) is 0 Å². The summed E-state index contributed by atoms with van der Waals surface area (Å²) in [5.74, 6) is 0.261. The van der Waals surface area contributed by atoms with E-state index in [1.165, 1.54) is 12.8 Å². The normalized spacial score (nSPS) is 26.0. The average Bonchev–Trinajstić information content (AvgIpc) is 2.03. The van der Waals surface area contributed by atoms with Gasteiger partial charge in [-0.2, -0.15) is 0 Å². The quantitative estimate of drug-likeness (QED) is 0.518. The van der Waals surface area contributed by atoms with Crippen LogP contribution in [0.15, 0.2) is 24.3 Å². The number of hydrogen-bond donors (Lipinski definition) is 0. The Balaban J connectivity index is 2.44. The molecule has 0 aromatic rings. The predicted molar refractivity (Wildman–Crippen MR) is 46.4 cm³/mol. The maximum atomic E-state index is 11.0. The van der Waals surface area contributed by atoms with Crippen molar-refractivity contribution in [2.75, 3.05) is 0 Å². The zero-order chi connectivity index (χ0) is 7.94. The first-order valence-electron chi connectivity index (χ1n) is 4.25. The van der Waals surface area contributed by atoms with Crippen LogP contribution in [0.25, 0.3) is 0 Å². The molecule has 0 heterocycles. The van der Waals surface area contributed by atoms with Crippen molar-refractivity contribution in [3.8, 4) is 0 Å². The molecule has 0 unspecified atom stereocenters. The van der Waals surface area contributed by atoms with Gasteiger partial charge in [-0.25, -0.2) is 0 Å². The van der Waals surface area contributed by atoms with Gasteiger partial charge in [-0.3, -0.25) is 4.79 Å². The molecule has 1 nitrogen and oxygen atoms in total. The van der Waals surface area contributed by atoms with E-state index in [-0.39, 0.29) is 5.78 Å². The number of hydrogen-bond acceptors (Lipinski definition) is 1. The largest absolute Gasteiger partial charge is 0.295 e. The smallest absolute Gasteiger partial charge is 0.155 e. The summed E-state index contributed by atoms with van der Waals surface area (Å²) in [4.78, 5) is 11.0. The van der Waals surface area contributed by atoms with Crippen molar-refractivity contribution in [3.63, 3.8) is 0 Å². The van der Waals surface area contributed by atoms with E-state index in [2.05, 4.69) is 6.08 Å². The number of ketones is 1. The number of allylic oxidation sites excluding steroid dienone is 4. The van der Waals surface area contributed by atoms with Crippen molar-refractivity contribution in [1.29, 1.82) is 0 Å². The van der Waals surface area contributed by atoms with Crippen molar-refractivity contribution < 1.29 is 4.79 Å². The van der Waals surface area contributed by atoms with E-state index in [4.69, 9.17) is 0 Å². The molecule has 0 N–H and O–H groups in total. The zero-order valence-electron chi connectivity index (χ0n) is 6.75. The van der Waals surface area contributed by atoms with E-state index >= 15 is 0 Å². The lowest BCUT2D eigenvalue weighted by Gasteiger charge is -1.97. The summed E-state index contributed by atoms with van der Waals surface area (Å²) in [6, 6.07) is 0. The van der Waals surface area contributed by atoms with Gasteiger partial charge in [0.25, 0.3) is 0 Å². The Kier molecular flexibility index (Phi) is 3.67. The number of rotatable bonds is 0. The molecule has 60 valence electrons. The Bertz CT molecular complexity index is 177. The molecule has 0 aliphatic heterocycles. The molecule has 0 bridgehead atoms. The standard InChI is InChI=1S/C10H14O/c11-10-8-6-4-2-1-3-5-7-9-10/h2,4,6,8H,1,3,5,7,9H2/b4-2-,8-6-. The lowest BCUT2D eigenvalue weighted by atomic mass is 10.1. The summed E-state index contributed by atoms with van der Waals surface area (Å²) in [5, 5.41) is 0. The molecule has 0 saturated heterocycles. The predicted octanol–water partition coefficient (Wildman–Crippen LogP) is 2.63. The summed E-state index contributed by atoms with van der Waals surface area (Å²) in [5.41, 5.74) is 0. The first kappa shape index (κ1) is 8.25. The third kappa shape index (κ3) is 3.76. The van der Waals surface area contributed by atoms with Gasteiger partial charge in [0, 0.05) is 6.42 Å². The van der Waals surface area contributed by atoms with E-state index in [0.717, 1.165) is 19.3 Å². The molecule has 0 aromatic carbocycles. The number of carbonyl (C=O) groups is 1. The second kappa shape index (κ2) is 4.89. The molecule has 0 aromatic heterocycles. The molecule has 1 aliphatic rings. The SMILES string of the molecule is O=C1/C=C\C=C/CCCCC1. The maximum Gasteiger partial charge on any atom is 0.155 e. The lowest BCUT2D eigenvalue weighted by molar-refractivity contribution is -0.114. The van der Waals surface area contributed by atoms with E-state index in [0.29, 0.717) is 0 Å². The average molecular weight is 150 g/mol. The summed E-state index contributed by atoms with van der Waals surface area (Å²) in [6.07, 6.45) is 12.9. The van der Waals surface area contributed by atoms with Crippen LogP contribution >= 0.6 is 0 Å². The highest BCUT2D eigenvalue weighted by Crippen LogP contribution is 2.06. The van der Waals surface area contributed by atoms with Crippen LogP contribution in [0.2, 0.25) is 0 Å². The highest BCUT2D eigenvalue weighted by Gasteiger charge is 1.96. The van der Waals surface area contributed by atoms with Gasteiger partial charge in [0.2, 0.25) is 0 Å². The Hall–Kier alpha value is -0.850. The van der Waals surface area contributed by atoms with Gasteiger partial charge in [-0.1, -0.05) is 24.6 Å². The van der Waals surface area contributed by atoms with Gasteiger partial charge in [0.05, 0.1) is 0 Å². The Labute approximate surface area is 67.8 Å². The summed E-state index contributed by atoms with van der Waals surface area (Å²) in [6.45, 7) is 0. The molecule has 11 heavy (non-hydrogen) atoms. The molecule has 0 amide bonds. The van der Waals surface area contributed by atoms with E-state index < -0.39 is 0 Å². The van der Waals surface area contributed by atoms with Gasteiger partial charge < -0.3 is 0 Å². The van der Waals surface area contributed by atoms with Crippen LogP contribution in [-0.2, 0) is 4.79 Å². The molecular formula is C10H14O. The van der Waals surface area contributed by atoms with E-state index in [1.807, 2.05) is 12.2 Å². The van der Waals surface area contributed by atoms with Crippen LogP contribution in [-0.4, -0.2) is 5.78 Å². The first-order valence-corrected chi connectivity index (χ1v) is 4.25. The zero-order valence-corrected chi connectivity index (χ0v) is 6.75. The molecule has 1 aliphatic carbocycles. The van der Waals surface area contributed by atoms with Crippen LogP contribution in [0.4, 0.5) is 0 Å². The molecular weight excluding hydrogens is 136 g/mol. The molecule has 0 fully saturated rings. The minimum Gasteiger partial charge on any atom is -0.295 e. The molecule has 0 atom stereocenters. The molecule has 1 heteroatoms. The molecule has 0 saturated carbocycles. The lowest BCUT2D eigenvalue weighted by Crippen LogP contribution is -1.92. The van der Waals surface area contributed by atoms with Crippen LogP contribution < -0.4 is 0 Å². The van der Waals surface area contributed by atoms with Gasteiger partial charge in [0.1, 0.15) is 0 Å². The van der Waals surface area contributed by atoms with E-state index in [1.54, 1.807) is 6.08 Å². The fourth-order valence-electron chi connectivity index (χ4n) is 1.16. The summed E-state index contributed by atoms with van der Waals surface area (Å²) in [7, 11) is 0. The topological polar surface area (TPSA) is 17.1 Å². The molecule has 0 spiro atoms. The fourth-order valence-corrected chi connectivity index (χ4v) is 1.16. The Morgan fingerprint density at radius 2 is 2.00 bits per heavy atom. The van der Waals surface area contributed by atoms with Crippen molar-refractivity contribution in [1.82, 2.24) is 0 Å². The van der Waals surface area contributed by atoms with Crippen LogP contribution in [0, 0.1) is 0 Å². The third-order valence-electron chi connectivity index (χ3n) is 1.82. The third-order valence-corrected chi connectivity index (χ3v) is 1.82. The number of carbonyl (C=O) groups excluding carboxylic acids is 1. The Morgan fingerprint density at radius 3 is 2.91 bits per heavy atom. The monoisotopic (exact) mass is 150 g/mol. The highest BCUT2D eigenvalue weighted by atomic mass is 16.1. The van der Waals surface area contributed by atoms with Crippen molar-refractivity contribution >= 4 is 5.78 Å². The van der Waals surface area contributed by atoms with Gasteiger partial charge in [-0.05, 0) is 25.3 Å². The summed E-state index contributed by atoms with van der Waals surface area (Å²) < 4.78 is 0. The molecule has 0 radical (unpaired) electrons. The van der Waals surface area contributed by atoms with Crippen molar-refractivity contribution in [2.24, 2.45) is 0 Å². The fraction of sp³-hybridized carbons (Fsp3) is 0.500. The minimum absolute atomic E-state index is 0.261. The van der Waals surface area contributed by atoms with Crippen molar-refractivity contribution in [2.45, 2.75) is 32.1 Å². The van der Waals surface area contributed by atoms with Crippen molar-refractivity contribution in [3.05, 3.63) is 24.3 Å². The van der Waals surface area contributed by atoms with Gasteiger partial charge in [0.15, 0.2) is 5.78 Å². The first-order chi connectivity index (χ1) is 5.39. The second-order valence-corrected chi connectivity index (χ2v) is 2.85. The van der Waals surface area contributed by atoms with Gasteiger partial charge >= 0.3 is 0 Å². The van der Waals surface area contributed by atoms with Gasteiger partial charge in [-0.15, -0.1) is 0 Å². The maximum absolute atomic E-state index is 11.0. The van der Waals surface area contributed by atoms with E-state index in [9.17, 15) is 4.79 Å². The second-order valence-electron chi connectivity index (χ2n) is 2.85.